The van der Waals surface area contributed by atoms with Gasteiger partial charge in [0.2, 0.25) is 0 Å². The van der Waals surface area contributed by atoms with Crippen molar-refractivity contribution in [2.24, 2.45) is 0 Å². The van der Waals surface area contributed by atoms with E-state index in [2.05, 4.69) is 5.32 Å². The van der Waals surface area contributed by atoms with Gasteiger partial charge in [-0.15, -0.1) is 11.3 Å². The van der Waals surface area contributed by atoms with Crippen LogP contribution >= 0.6 is 11.3 Å². The Bertz CT molecular complexity index is 539. The lowest BCUT2D eigenvalue weighted by Gasteiger charge is -2.28. The first-order valence-corrected chi connectivity index (χ1v) is 8.99. The quantitative estimate of drug-likeness (QED) is 0.930. The van der Waals surface area contributed by atoms with E-state index in [4.69, 9.17) is 0 Å². The Kier molecular flexibility index (Phi) is 4.15. The predicted octanol–water partition coefficient (Wildman–Crippen LogP) is 2.18. The molecule has 0 bridgehead atoms. The second-order valence-corrected chi connectivity index (χ2v) is 8.10. The summed E-state index contributed by atoms with van der Waals surface area (Å²) in [6.45, 7) is 0. The molecule has 7 heteroatoms. The van der Waals surface area contributed by atoms with Crippen LogP contribution in [0.3, 0.4) is 0 Å². The average molecular weight is 302 g/mol. The Hall–Kier alpha value is -1.08. The number of anilines is 1. The highest BCUT2D eigenvalue weighted by molar-refractivity contribution is 7.91. The molecule has 1 heterocycles. The van der Waals surface area contributed by atoms with E-state index in [1.807, 2.05) is 17.5 Å². The normalized spacial score (nSPS) is 23.3. The van der Waals surface area contributed by atoms with E-state index in [0.717, 1.165) is 17.8 Å². The molecule has 1 aromatic rings. The summed E-state index contributed by atoms with van der Waals surface area (Å²) in [6.07, 6.45) is 3.48. The Morgan fingerprint density at radius 1 is 1.47 bits per heavy atom. The zero-order chi connectivity index (χ0) is 14.0. The molecule has 5 nitrogen and oxygen atoms in total. The van der Waals surface area contributed by atoms with Crippen molar-refractivity contribution in [1.82, 2.24) is 4.90 Å². The van der Waals surface area contributed by atoms with Gasteiger partial charge in [0, 0.05) is 19.3 Å². The molecule has 1 aliphatic rings. The first kappa shape index (κ1) is 14.3. The molecular weight excluding hydrogens is 284 g/mol. The van der Waals surface area contributed by atoms with Crippen molar-refractivity contribution in [3.05, 3.63) is 17.5 Å². The van der Waals surface area contributed by atoms with Crippen molar-refractivity contribution >= 4 is 32.2 Å². The number of carbonyl (C=O) groups excluding carboxylic acids is 1. The van der Waals surface area contributed by atoms with Crippen molar-refractivity contribution in [3.8, 4) is 0 Å². The topological polar surface area (TPSA) is 66.5 Å². The number of nitrogens with one attached hydrogen (secondary N) is 1. The van der Waals surface area contributed by atoms with Crippen LogP contribution in [-0.2, 0) is 9.84 Å². The van der Waals surface area contributed by atoms with E-state index < -0.39 is 15.1 Å². The fraction of sp³-hybridized carbons (Fsp3) is 0.583. The third kappa shape index (κ3) is 3.27. The molecular formula is C12H18N2O3S2. The molecule has 1 aliphatic carbocycles. The molecule has 106 valence electrons. The van der Waals surface area contributed by atoms with Crippen molar-refractivity contribution in [3.63, 3.8) is 0 Å². The molecule has 1 fully saturated rings. The van der Waals surface area contributed by atoms with Gasteiger partial charge in [0.25, 0.3) is 0 Å². The van der Waals surface area contributed by atoms with Crippen LogP contribution in [0.1, 0.15) is 19.3 Å². The summed E-state index contributed by atoms with van der Waals surface area (Å²) in [4.78, 5) is 13.6. The van der Waals surface area contributed by atoms with Crippen molar-refractivity contribution in [2.75, 3.05) is 18.6 Å². The fourth-order valence-corrected chi connectivity index (χ4v) is 4.63. The summed E-state index contributed by atoms with van der Waals surface area (Å²) in [5, 5.41) is 4.99. The molecule has 0 aliphatic heterocycles. The highest BCUT2D eigenvalue weighted by atomic mass is 32.2. The second-order valence-electron chi connectivity index (χ2n) is 4.88. The highest BCUT2D eigenvalue weighted by Crippen LogP contribution is 2.29. The van der Waals surface area contributed by atoms with Crippen LogP contribution in [0.4, 0.5) is 9.80 Å². The van der Waals surface area contributed by atoms with Crippen LogP contribution in [0.25, 0.3) is 0 Å². The number of hydrogen-bond donors (Lipinski definition) is 1. The molecule has 19 heavy (non-hydrogen) atoms. The molecule has 2 amide bonds. The Morgan fingerprint density at radius 3 is 2.79 bits per heavy atom. The highest BCUT2D eigenvalue weighted by Gasteiger charge is 2.38. The lowest BCUT2D eigenvalue weighted by molar-refractivity contribution is 0.205. The van der Waals surface area contributed by atoms with Crippen LogP contribution in [0.2, 0.25) is 0 Å². The van der Waals surface area contributed by atoms with Crippen LogP contribution in [0, 0.1) is 0 Å². The zero-order valence-corrected chi connectivity index (χ0v) is 12.6. The van der Waals surface area contributed by atoms with Gasteiger partial charge in [-0.3, -0.25) is 5.32 Å². The number of amides is 2. The van der Waals surface area contributed by atoms with Gasteiger partial charge < -0.3 is 4.90 Å². The molecule has 0 aromatic carbocycles. The number of nitrogens with zero attached hydrogens (tertiary/aromatic N) is 1. The number of carbonyl (C=O) groups is 1. The van der Waals surface area contributed by atoms with Crippen molar-refractivity contribution < 1.29 is 13.2 Å². The number of rotatable bonds is 3. The monoisotopic (exact) mass is 302 g/mol. The van der Waals surface area contributed by atoms with Gasteiger partial charge in [0.05, 0.1) is 10.3 Å². The molecule has 0 radical (unpaired) electrons. The van der Waals surface area contributed by atoms with Crippen LogP contribution in [0.15, 0.2) is 17.5 Å². The van der Waals surface area contributed by atoms with E-state index >= 15 is 0 Å². The molecule has 1 N–H and O–H groups in total. The molecule has 2 rings (SSSR count). The number of sulfone groups is 1. The van der Waals surface area contributed by atoms with Gasteiger partial charge in [-0.25, -0.2) is 13.2 Å². The van der Waals surface area contributed by atoms with E-state index in [1.165, 1.54) is 22.5 Å². The first-order valence-electron chi connectivity index (χ1n) is 6.16. The largest absolute Gasteiger partial charge is 0.323 e. The summed E-state index contributed by atoms with van der Waals surface area (Å²) in [6, 6.07) is 3.20. The first-order chi connectivity index (χ1) is 8.89. The third-order valence-corrected chi connectivity index (χ3v) is 5.97. The fourth-order valence-electron chi connectivity index (χ4n) is 2.54. The maximum absolute atomic E-state index is 12.1. The molecule has 1 aromatic heterocycles. The summed E-state index contributed by atoms with van der Waals surface area (Å²) < 4.78 is 23.5. The summed E-state index contributed by atoms with van der Waals surface area (Å²) in [5.74, 6) is 0. The van der Waals surface area contributed by atoms with Crippen LogP contribution < -0.4 is 5.32 Å². The Morgan fingerprint density at radius 2 is 2.21 bits per heavy atom. The average Bonchev–Trinajstić information content (AvgIpc) is 2.96. The van der Waals surface area contributed by atoms with E-state index in [-0.39, 0.29) is 12.1 Å². The van der Waals surface area contributed by atoms with Crippen molar-refractivity contribution in [1.29, 1.82) is 0 Å². The predicted molar refractivity (Wildman–Crippen MR) is 77.4 cm³/mol. The van der Waals surface area contributed by atoms with Crippen LogP contribution in [-0.4, -0.2) is 43.9 Å². The standard InChI is InChI=1S/C12H18N2O3S2/c1-14(12(15)13-11-7-4-8-18-11)9-5-3-6-10(9)19(2,16)17/h4,7-10H,3,5-6H2,1-2H3,(H,13,15)/t9-,10-/m0/s1. The molecule has 0 saturated heterocycles. The van der Waals surface area contributed by atoms with Gasteiger partial charge in [0.15, 0.2) is 9.84 Å². The molecule has 1 saturated carbocycles. The van der Waals surface area contributed by atoms with Crippen molar-refractivity contribution in [2.45, 2.75) is 30.6 Å². The van der Waals surface area contributed by atoms with Gasteiger partial charge in [-0.05, 0) is 36.8 Å². The maximum atomic E-state index is 12.1. The number of urea groups is 1. The minimum atomic E-state index is -3.11. The Balaban J connectivity index is 2.06. The summed E-state index contributed by atoms with van der Waals surface area (Å²) in [5.41, 5.74) is 0. The Labute approximate surface area is 117 Å². The number of thiophene rings is 1. The van der Waals surface area contributed by atoms with Gasteiger partial charge in [-0.1, -0.05) is 0 Å². The third-order valence-electron chi connectivity index (χ3n) is 3.54. The molecule has 0 spiro atoms. The lowest BCUT2D eigenvalue weighted by Crippen LogP contribution is -2.46. The molecule has 0 unspecified atom stereocenters. The van der Waals surface area contributed by atoms with E-state index in [1.54, 1.807) is 7.05 Å². The SMILES string of the molecule is CN(C(=O)Nc1cccs1)[C@H]1CCC[C@@H]1S(C)(=O)=O. The molecule has 2 atom stereocenters. The lowest BCUT2D eigenvalue weighted by atomic mass is 10.2. The van der Waals surface area contributed by atoms with Crippen LogP contribution in [0.5, 0.6) is 0 Å². The van der Waals surface area contributed by atoms with Gasteiger partial charge in [0.1, 0.15) is 0 Å². The smallest absolute Gasteiger partial charge is 0.322 e. The van der Waals surface area contributed by atoms with Gasteiger partial charge >= 0.3 is 6.03 Å². The van der Waals surface area contributed by atoms with Gasteiger partial charge in [-0.2, -0.15) is 0 Å². The summed E-state index contributed by atoms with van der Waals surface area (Å²) in [7, 11) is -1.45. The maximum Gasteiger partial charge on any atom is 0.322 e. The van der Waals surface area contributed by atoms with E-state index in [0.29, 0.717) is 6.42 Å². The zero-order valence-electron chi connectivity index (χ0n) is 11.0. The van der Waals surface area contributed by atoms with E-state index in [9.17, 15) is 13.2 Å². The second kappa shape index (κ2) is 5.50. The summed E-state index contributed by atoms with van der Waals surface area (Å²) >= 11 is 1.44. The number of hydrogen-bond acceptors (Lipinski definition) is 4. The minimum Gasteiger partial charge on any atom is -0.323 e. The minimum absolute atomic E-state index is 0.227.